The minimum atomic E-state index is -3.14. The number of hydrogen-bond acceptors (Lipinski definition) is 10. The number of phenols is 3. The van der Waals surface area contributed by atoms with E-state index in [0.717, 1.165) is 0 Å². The molecule has 0 spiro atoms. The molecule has 2 aromatic rings. The highest BCUT2D eigenvalue weighted by Gasteiger charge is 2.39. The largest absolute Gasteiger partial charge is 0.507 e. The third-order valence-electron chi connectivity index (χ3n) is 4.23. The van der Waals surface area contributed by atoms with Gasteiger partial charge in [-0.15, -0.1) is 0 Å². The van der Waals surface area contributed by atoms with Gasteiger partial charge in [-0.05, 0) is 31.5 Å². The van der Waals surface area contributed by atoms with Crippen molar-refractivity contribution in [3.63, 3.8) is 0 Å². The molecule has 3 rings (SSSR count). The smallest absolute Gasteiger partial charge is 0.380 e. The molecule has 0 bridgehead atoms. The first-order valence-corrected chi connectivity index (χ1v) is 11.6. The highest BCUT2D eigenvalue weighted by atomic mass is 32.5. The number of fused-ring (bicyclic) bond motifs is 1. The number of ketones is 1. The lowest BCUT2D eigenvalue weighted by Gasteiger charge is -2.31. The van der Waals surface area contributed by atoms with Gasteiger partial charge < -0.3 is 29.7 Å². The van der Waals surface area contributed by atoms with E-state index in [0.29, 0.717) is 0 Å². The van der Waals surface area contributed by atoms with Crippen LogP contribution in [0, 0.1) is 0 Å². The van der Waals surface area contributed by atoms with Gasteiger partial charge in [0.15, 0.2) is 23.7 Å². The molecule has 1 aliphatic heterocycles. The van der Waals surface area contributed by atoms with Gasteiger partial charge >= 0.3 is 6.72 Å². The number of hydrogen-bond donors (Lipinski definition) is 4. The van der Waals surface area contributed by atoms with Crippen molar-refractivity contribution in [3.05, 3.63) is 41.5 Å². The predicted octanol–water partition coefficient (Wildman–Crippen LogP) is 3.16. The number of aliphatic hydroxyl groups is 1. The van der Waals surface area contributed by atoms with E-state index in [1.54, 1.807) is 13.8 Å². The molecule has 0 amide bonds. The van der Waals surface area contributed by atoms with E-state index >= 15 is 0 Å². The molecule has 1 aliphatic rings. The lowest BCUT2D eigenvalue weighted by atomic mass is 9.92. The number of ether oxygens (including phenoxy) is 1. The fourth-order valence-corrected chi connectivity index (χ4v) is 5.03. The van der Waals surface area contributed by atoms with Crippen LogP contribution in [0.1, 0.15) is 35.9 Å². The van der Waals surface area contributed by atoms with Crippen LogP contribution < -0.4 is 9.26 Å². The van der Waals surface area contributed by atoms with E-state index in [1.807, 2.05) is 0 Å². The molecule has 1 heterocycles. The standard InChI is InChI=1S/C19H21O9PS/c1-3-25-29(30,26-4-2)28-11-8-14(22)16-15(9-11)27-19(18(24)17(16)23)10-5-6-12(20)13(21)7-10/h5-9,18-22,24H,3-4H2,1-2H3. The van der Waals surface area contributed by atoms with Gasteiger partial charge in [0.05, 0.1) is 13.2 Å². The highest BCUT2D eigenvalue weighted by Crippen LogP contribution is 2.52. The summed E-state index contributed by atoms with van der Waals surface area (Å²) in [5, 5.41) is 40.0. The number of aromatic hydroxyl groups is 3. The third-order valence-corrected chi connectivity index (χ3v) is 6.67. The minimum Gasteiger partial charge on any atom is -0.507 e. The topological polar surface area (TPSA) is 135 Å². The second-order valence-electron chi connectivity index (χ2n) is 6.29. The van der Waals surface area contributed by atoms with Crippen molar-refractivity contribution in [3.8, 4) is 28.7 Å². The molecule has 162 valence electrons. The Morgan fingerprint density at radius 3 is 2.30 bits per heavy atom. The van der Waals surface area contributed by atoms with Crippen LogP contribution in [0.2, 0.25) is 0 Å². The Hall–Kier alpha value is -2.36. The van der Waals surface area contributed by atoms with Crippen LogP contribution in [0.4, 0.5) is 0 Å². The Bertz CT molecular complexity index is 1000. The molecule has 0 fully saturated rings. The average molecular weight is 456 g/mol. The van der Waals surface area contributed by atoms with Crippen molar-refractivity contribution in [2.45, 2.75) is 26.1 Å². The van der Waals surface area contributed by atoms with Crippen LogP contribution >= 0.6 is 6.72 Å². The number of carbonyl (C=O) groups is 1. The second-order valence-corrected chi connectivity index (χ2v) is 9.22. The maximum atomic E-state index is 12.7. The van der Waals surface area contributed by atoms with E-state index in [-0.39, 0.29) is 41.6 Å². The lowest BCUT2D eigenvalue weighted by Crippen LogP contribution is -2.36. The zero-order valence-corrected chi connectivity index (χ0v) is 17.9. The van der Waals surface area contributed by atoms with Gasteiger partial charge in [0, 0.05) is 23.9 Å². The van der Waals surface area contributed by atoms with Crippen LogP contribution in [-0.4, -0.2) is 45.5 Å². The number of phenolic OH excluding ortho intramolecular Hbond substituents is 3. The normalized spacial score (nSPS) is 18.6. The monoisotopic (exact) mass is 456 g/mol. The lowest BCUT2D eigenvalue weighted by molar-refractivity contribution is 0.0210. The molecular formula is C19H21O9PS. The molecule has 0 saturated carbocycles. The fourth-order valence-electron chi connectivity index (χ4n) is 2.96. The SMILES string of the molecule is CCOP(=S)(OCC)Oc1cc(O)c2c(c1)OC(c1ccc(O)c(O)c1)C(O)C2=O. The van der Waals surface area contributed by atoms with Crippen LogP contribution in [0.25, 0.3) is 0 Å². The summed E-state index contributed by atoms with van der Waals surface area (Å²) < 4.78 is 22.2. The van der Waals surface area contributed by atoms with Gasteiger partial charge in [0.2, 0.25) is 5.78 Å². The Kier molecular flexibility index (Phi) is 6.54. The van der Waals surface area contributed by atoms with Crippen LogP contribution in [0.3, 0.4) is 0 Å². The minimum absolute atomic E-state index is 0.0487. The molecule has 0 aliphatic carbocycles. The molecule has 0 aromatic heterocycles. The number of Topliss-reactive ketones (excluding diaryl/α,β-unsaturated/α-hetero) is 1. The van der Waals surface area contributed by atoms with E-state index in [4.69, 9.17) is 30.1 Å². The van der Waals surface area contributed by atoms with Crippen LogP contribution in [0.5, 0.6) is 28.7 Å². The number of aliphatic hydroxyl groups excluding tert-OH is 1. The van der Waals surface area contributed by atoms with Gasteiger partial charge in [-0.2, -0.15) is 0 Å². The van der Waals surface area contributed by atoms with Gasteiger partial charge in [0.1, 0.15) is 22.8 Å². The van der Waals surface area contributed by atoms with Crippen LogP contribution in [0.15, 0.2) is 30.3 Å². The molecule has 0 saturated heterocycles. The maximum Gasteiger partial charge on any atom is 0.380 e. The molecule has 9 nitrogen and oxygen atoms in total. The molecule has 2 atom stereocenters. The average Bonchev–Trinajstić information content (AvgIpc) is 2.66. The molecular weight excluding hydrogens is 435 g/mol. The van der Waals surface area contributed by atoms with Crippen molar-refractivity contribution in [1.82, 2.24) is 0 Å². The summed E-state index contributed by atoms with van der Waals surface area (Å²) >= 11 is 5.31. The summed E-state index contributed by atoms with van der Waals surface area (Å²) in [4.78, 5) is 12.7. The van der Waals surface area contributed by atoms with Crippen molar-refractivity contribution in [2.24, 2.45) is 0 Å². The van der Waals surface area contributed by atoms with Gasteiger partial charge in [-0.3, -0.25) is 13.8 Å². The zero-order valence-electron chi connectivity index (χ0n) is 16.1. The van der Waals surface area contributed by atoms with E-state index in [2.05, 4.69) is 0 Å². The maximum absolute atomic E-state index is 12.7. The van der Waals surface area contributed by atoms with Crippen molar-refractivity contribution in [1.29, 1.82) is 0 Å². The quantitative estimate of drug-likeness (QED) is 0.363. The molecule has 0 radical (unpaired) electrons. The number of benzene rings is 2. The van der Waals surface area contributed by atoms with Crippen LogP contribution in [-0.2, 0) is 20.9 Å². The summed E-state index contributed by atoms with van der Waals surface area (Å²) in [6, 6.07) is 6.28. The van der Waals surface area contributed by atoms with Crippen molar-refractivity contribution >= 4 is 24.3 Å². The summed E-state index contributed by atoms with van der Waals surface area (Å²) in [6.07, 6.45) is -2.83. The van der Waals surface area contributed by atoms with Crippen molar-refractivity contribution in [2.75, 3.05) is 13.2 Å². The second kappa shape index (κ2) is 8.79. The predicted molar refractivity (Wildman–Crippen MR) is 110 cm³/mol. The summed E-state index contributed by atoms with van der Waals surface area (Å²) in [7, 11) is 0. The summed E-state index contributed by atoms with van der Waals surface area (Å²) in [6.45, 7) is 0.827. The van der Waals surface area contributed by atoms with E-state index in [1.165, 1.54) is 30.3 Å². The number of rotatable bonds is 7. The highest BCUT2D eigenvalue weighted by molar-refractivity contribution is 8.07. The molecule has 2 aromatic carbocycles. The zero-order chi connectivity index (χ0) is 22.1. The molecule has 4 N–H and O–H groups in total. The molecule has 11 heteroatoms. The Morgan fingerprint density at radius 1 is 1.03 bits per heavy atom. The summed E-state index contributed by atoms with van der Waals surface area (Å²) in [5.74, 6) is -2.02. The summed E-state index contributed by atoms with van der Waals surface area (Å²) in [5.41, 5.74) is 0.0339. The van der Waals surface area contributed by atoms with Crippen molar-refractivity contribution < 1.29 is 43.5 Å². The molecule has 2 unspecified atom stereocenters. The Morgan fingerprint density at radius 2 is 1.70 bits per heavy atom. The first-order chi connectivity index (χ1) is 14.2. The molecule has 30 heavy (non-hydrogen) atoms. The van der Waals surface area contributed by atoms with Gasteiger partial charge in [-0.1, -0.05) is 6.07 Å². The van der Waals surface area contributed by atoms with E-state index in [9.17, 15) is 25.2 Å². The first-order valence-electron chi connectivity index (χ1n) is 9.05. The van der Waals surface area contributed by atoms with E-state index < -0.39 is 36.2 Å². The third kappa shape index (κ3) is 4.38. The number of carbonyl (C=O) groups excluding carboxylic acids is 1. The first kappa shape index (κ1) is 22.3. The van der Waals surface area contributed by atoms with Gasteiger partial charge in [0.25, 0.3) is 0 Å². The van der Waals surface area contributed by atoms with Gasteiger partial charge in [-0.25, -0.2) is 0 Å². The Balaban J connectivity index is 1.99. The fraction of sp³-hybridized carbons (Fsp3) is 0.316. The Labute approximate surface area is 177 Å².